The number of rotatable bonds is 11. The van der Waals surface area contributed by atoms with Crippen LogP contribution in [0, 0.1) is 11.2 Å². The number of carboxylic acid groups (broad SMARTS) is 1. The molecule has 2 atom stereocenters. The molecule has 0 aliphatic rings. The molecule has 0 aliphatic heterocycles. The van der Waals surface area contributed by atoms with E-state index in [1.54, 1.807) is 24.3 Å². The number of aliphatic hydroxyl groups is 1. The van der Waals surface area contributed by atoms with Gasteiger partial charge in [-0.3, -0.25) is 9.59 Å². The van der Waals surface area contributed by atoms with Crippen molar-refractivity contribution in [3.63, 3.8) is 0 Å². The first-order chi connectivity index (χ1) is 16.3. The summed E-state index contributed by atoms with van der Waals surface area (Å²) in [6.07, 6.45) is 1.46. The molecule has 0 saturated heterocycles. The monoisotopic (exact) mass is 489 g/mol. The van der Waals surface area contributed by atoms with Gasteiger partial charge in [-0.25, -0.2) is 4.39 Å². The normalized spacial score (nSPS) is 13.8. The zero-order valence-electron chi connectivity index (χ0n) is 18.2. The molecule has 1 amide bonds. The van der Waals surface area contributed by atoms with E-state index >= 15 is 0 Å². The molecular formula is C23H25ClFN5O4. The third kappa shape index (κ3) is 5.96. The van der Waals surface area contributed by atoms with E-state index < -0.39 is 35.8 Å². The maximum atomic E-state index is 14.2. The SMILES string of the molecule is NCC[C@](CO)(CC(Cc1ccc(-c2cc(Cl)ccc2F)cc1)NC(=O)c1cn[nH]n1)C(=O)O. The topological polar surface area (TPSA) is 154 Å². The lowest BCUT2D eigenvalue weighted by Crippen LogP contribution is -2.46. The molecule has 11 heteroatoms. The first kappa shape index (κ1) is 25.3. The summed E-state index contributed by atoms with van der Waals surface area (Å²) >= 11 is 5.99. The second kappa shape index (κ2) is 11.2. The van der Waals surface area contributed by atoms with Gasteiger partial charge in [-0.05, 0) is 55.1 Å². The number of carbonyl (C=O) groups excluding carboxylic acids is 1. The molecule has 0 bridgehead atoms. The minimum Gasteiger partial charge on any atom is -0.481 e. The molecule has 6 N–H and O–H groups in total. The summed E-state index contributed by atoms with van der Waals surface area (Å²) in [7, 11) is 0. The van der Waals surface area contributed by atoms with Crippen molar-refractivity contribution >= 4 is 23.5 Å². The van der Waals surface area contributed by atoms with Gasteiger partial charge in [0.2, 0.25) is 0 Å². The summed E-state index contributed by atoms with van der Waals surface area (Å²) in [6, 6.07) is 10.6. The summed E-state index contributed by atoms with van der Waals surface area (Å²) in [5.74, 6) is -2.15. The fraction of sp³-hybridized carbons (Fsp3) is 0.304. The number of aliphatic hydroxyl groups excluding tert-OH is 1. The number of nitrogens with one attached hydrogen (secondary N) is 2. The molecule has 1 unspecified atom stereocenters. The largest absolute Gasteiger partial charge is 0.481 e. The Bertz CT molecular complexity index is 1130. The fourth-order valence-electron chi connectivity index (χ4n) is 3.82. The fourth-order valence-corrected chi connectivity index (χ4v) is 4.00. The highest BCUT2D eigenvalue weighted by molar-refractivity contribution is 6.30. The summed E-state index contributed by atoms with van der Waals surface area (Å²) < 4.78 is 14.2. The molecular weight excluding hydrogens is 465 g/mol. The van der Waals surface area contributed by atoms with Gasteiger partial charge in [0, 0.05) is 16.6 Å². The predicted octanol–water partition coefficient (Wildman–Crippen LogP) is 2.41. The van der Waals surface area contributed by atoms with E-state index in [1.165, 1.54) is 24.4 Å². The number of aromatic amines is 1. The van der Waals surface area contributed by atoms with Gasteiger partial charge in [-0.1, -0.05) is 35.9 Å². The number of aromatic nitrogens is 3. The van der Waals surface area contributed by atoms with Crippen molar-refractivity contribution in [1.29, 1.82) is 0 Å². The van der Waals surface area contributed by atoms with Gasteiger partial charge in [0.05, 0.1) is 18.2 Å². The zero-order chi connectivity index (χ0) is 24.7. The van der Waals surface area contributed by atoms with Crippen LogP contribution in [0.1, 0.15) is 28.9 Å². The van der Waals surface area contributed by atoms with Crippen LogP contribution < -0.4 is 11.1 Å². The summed E-state index contributed by atoms with van der Waals surface area (Å²) in [5, 5.41) is 32.6. The first-order valence-corrected chi connectivity index (χ1v) is 10.9. The number of nitrogens with two attached hydrogens (primary N) is 1. The molecule has 1 aromatic heterocycles. The maximum Gasteiger partial charge on any atom is 0.312 e. The number of hydrogen-bond donors (Lipinski definition) is 5. The Morgan fingerprint density at radius 3 is 2.56 bits per heavy atom. The molecule has 3 rings (SSSR count). The van der Waals surface area contributed by atoms with Crippen LogP contribution in [0.3, 0.4) is 0 Å². The van der Waals surface area contributed by atoms with Crippen LogP contribution in [-0.2, 0) is 11.2 Å². The first-order valence-electron chi connectivity index (χ1n) is 10.5. The Balaban J connectivity index is 1.86. The van der Waals surface area contributed by atoms with Crippen molar-refractivity contribution in [2.24, 2.45) is 11.1 Å². The number of hydrogen-bond acceptors (Lipinski definition) is 6. The van der Waals surface area contributed by atoms with Crippen LogP contribution in [0.5, 0.6) is 0 Å². The van der Waals surface area contributed by atoms with Gasteiger partial charge in [0.1, 0.15) is 5.82 Å². The minimum absolute atomic E-state index is 0.0299. The Morgan fingerprint density at radius 1 is 1.24 bits per heavy atom. The smallest absolute Gasteiger partial charge is 0.312 e. The van der Waals surface area contributed by atoms with Crippen LogP contribution in [0.2, 0.25) is 5.02 Å². The number of aliphatic carboxylic acids is 1. The summed E-state index contributed by atoms with van der Waals surface area (Å²) in [5.41, 5.74) is 5.85. The lowest BCUT2D eigenvalue weighted by atomic mass is 9.78. The minimum atomic E-state index is -1.53. The van der Waals surface area contributed by atoms with Crippen molar-refractivity contribution in [2.75, 3.05) is 13.2 Å². The summed E-state index contributed by atoms with van der Waals surface area (Å²) in [6.45, 7) is -0.584. The van der Waals surface area contributed by atoms with Gasteiger partial charge in [0.15, 0.2) is 5.69 Å². The molecule has 0 spiro atoms. The number of benzene rings is 2. The number of halogens is 2. The Morgan fingerprint density at radius 2 is 1.97 bits per heavy atom. The maximum absolute atomic E-state index is 14.2. The Labute approximate surface area is 200 Å². The third-order valence-corrected chi connectivity index (χ3v) is 5.91. The highest BCUT2D eigenvalue weighted by Crippen LogP contribution is 2.30. The zero-order valence-corrected chi connectivity index (χ0v) is 18.9. The molecule has 0 saturated carbocycles. The quantitative estimate of drug-likeness (QED) is 0.277. The molecule has 180 valence electrons. The van der Waals surface area contributed by atoms with Crippen LogP contribution >= 0.6 is 11.6 Å². The number of nitrogens with zero attached hydrogens (tertiary/aromatic N) is 2. The van der Waals surface area contributed by atoms with Gasteiger partial charge >= 0.3 is 5.97 Å². The molecule has 3 aromatic rings. The van der Waals surface area contributed by atoms with Gasteiger partial charge in [-0.15, -0.1) is 0 Å². The Hall–Kier alpha value is -3.34. The van der Waals surface area contributed by atoms with Crippen molar-refractivity contribution in [3.05, 3.63) is 70.8 Å². The van der Waals surface area contributed by atoms with Gasteiger partial charge in [0.25, 0.3) is 5.91 Å². The van der Waals surface area contributed by atoms with E-state index in [1.807, 2.05) is 0 Å². The molecule has 1 heterocycles. The number of H-pyrrole nitrogens is 1. The average Bonchev–Trinajstić information content (AvgIpc) is 3.36. The van der Waals surface area contributed by atoms with Gasteiger partial charge < -0.3 is 21.3 Å². The molecule has 34 heavy (non-hydrogen) atoms. The number of carboxylic acids is 1. The summed E-state index contributed by atoms with van der Waals surface area (Å²) in [4.78, 5) is 24.6. The second-order valence-corrected chi connectivity index (χ2v) is 8.47. The lowest BCUT2D eigenvalue weighted by molar-refractivity contribution is -0.153. The van der Waals surface area contributed by atoms with Gasteiger partial charge in [-0.2, -0.15) is 15.4 Å². The standard InChI is InChI=1S/C23H25ClFN5O4/c24-16-5-6-19(25)18(10-16)15-3-1-14(2-4-15)9-17(28-21(32)20-12-27-30-29-20)11-23(13-31,7-8-26)22(33)34/h1-6,10,12,17,31H,7-9,11,13,26H2,(H,28,32)(H,33,34)(H,27,29,30)/t17?,23-/m1/s1. The van der Waals surface area contributed by atoms with E-state index in [0.29, 0.717) is 16.1 Å². The highest BCUT2D eigenvalue weighted by Gasteiger charge is 2.40. The van der Waals surface area contributed by atoms with E-state index in [2.05, 4.69) is 20.7 Å². The molecule has 9 nitrogen and oxygen atoms in total. The number of amides is 1. The van der Waals surface area contributed by atoms with Crippen molar-refractivity contribution in [2.45, 2.75) is 25.3 Å². The van der Waals surface area contributed by atoms with Crippen LogP contribution in [-0.4, -0.2) is 56.7 Å². The van der Waals surface area contributed by atoms with E-state index in [0.717, 1.165) is 5.56 Å². The Kier molecular flexibility index (Phi) is 8.32. The van der Waals surface area contributed by atoms with Crippen molar-refractivity contribution in [3.8, 4) is 11.1 Å². The third-order valence-electron chi connectivity index (χ3n) is 5.67. The van der Waals surface area contributed by atoms with E-state index in [-0.39, 0.29) is 31.5 Å². The van der Waals surface area contributed by atoms with Crippen LogP contribution in [0.25, 0.3) is 11.1 Å². The highest BCUT2D eigenvalue weighted by atomic mass is 35.5. The van der Waals surface area contributed by atoms with Crippen LogP contribution in [0.4, 0.5) is 4.39 Å². The molecule has 0 aliphatic carbocycles. The molecule has 0 radical (unpaired) electrons. The average molecular weight is 490 g/mol. The van der Waals surface area contributed by atoms with E-state index in [4.69, 9.17) is 17.3 Å². The number of carbonyl (C=O) groups is 2. The lowest BCUT2D eigenvalue weighted by Gasteiger charge is -2.31. The molecule has 2 aromatic carbocycles. The van der Waals surface area contributed by atoms with Crippen LogP contribution in [0.15, 0.2) is 48.7 Å². The second-order valence-electron chi connectivity index (χ2n) is 8.04. The van der Waals surface area contributed by atoms with Crippen molar-refractivity contribution in [1.82, 2.24) is 20.7 Å². The van der Waals surface area contributed by atoms with E-state index in [9.17, 15) is 24.2 Å². The predicted molar refractivity (Wildman–Crippen MR) is 124 cm³/mol. The van der Waals surface area contributed by atoms with Crippen molar-refractivity contribution < 1.29 is 24.2 Å². The molecule has 0 fully saturated rings.